The van der Waals surface area contributed by atoms with Gasteiger partial charge in [0.1, 0.15) is 5.78 Å². The molecule has 88 valence electrons. The van der Waals surface area contributed by atoms with Crippen LogP contribution in [0.3, 0.4) is 0 Å². The average molecular weight is 213 g/mol. The summed E-state index contributed by atoms with van der Waals surface area (Å²) in [5.41, 5.74) is -0.232. The van der Waals surface area contributed by atoms with Gasteiger partial charge in [-0.15, -0.1) is 0 Å². The molecule has 1 rings (SSSR count). The second kappa shape index (κ2) is 5.08. The van der Waals surface area contributed by atoms with Gasteiger partial charge in [-0.05, 0) is 20.3 Å². The minimum atomic E-state index is -0.232. The van der Waals surface area contributed by atoms with Gasteiger partial charge in [0.05, 0.1) is 6.10 Å². The summed E-state index contributed by atoms with van der Waals surface area (Å²) >= 11 is 0. The zero-order valence-electron chi connectivity index (χ0n) is 10.4. The molecule has 0 spiro atoms. The van der Waals surface area contributed by atoms with Crippen LogP contribution >= 0.6 is 0 Å². The first-order valence-corrected chi connectivity index (χ1v) is 5.77. The number of ether oxygens (including phenoxy) is 1. The van der Waals surface area contributed by atoms with Gasteiger partial charge in [0, 0.05) is 31.7 Å². The molecular formula is C12H23NO2. The second-order valence-electron chi connectivity index (χ2n) is 5.21. The Morgan fingerprint density at radius 2 is 2.20 bits per heavy atom. The van der Waals surface area contributed by atoms with Crippen LogP contribution in [-0.2, 0) is 9.53 Å². The van der Waals surface area contributed by atoms with E-state index in [0.717, 1.165) is 32.7 Å². The molecule has 0 aromatic carbocycles. The quantitative estimate of drug-likeness (QED) is 0.715. The first-order valence-electron chi connectivity index (χ1n) is 5.77. The lowest BCUT2D eigenvalue weighted by molar-refractivity contribution is -0.125. The molecule has 0 aliphatic carbocycles. The summed E-state index contributed by atoms with van der Waals surface area (Å²) in [6.07, 6.45) is 1.36. The smallest absolute Gasteiger partial charge is 0.136 e. The second-order valence-corrected chi connectivity index (χ2v) is 5.21. The number of hydrogen-bond acceptors (Lipinski definition) is 3. The van der Waals surface area contributed by atoms with Gasteiger partial charge < -0.3 is 4.74 Å². The normalized spacial score (nSPS) is 24.9. The van der Waals surface area contributed by atoms with Crippen molar-refractivity contribution < 1.29 is 9.53 Å². The summed E-state index contributed by atoms with van der Waals surface area (Å²) in [6.45, 7) is 11.5. The summed E-state index contributed by atoms with van der Waals surface area (Å²) in [6, 6.07) is 0. The minimum absolute atomic E-state index is 0.232. The van der Waals surface area contributed by atoms with Gasteiger partial charge in [-0.3, -0.25) is 9.69 Å². The van der Waals surface area contributed by atoms with Crippen LogP contribution in [0.2, 0.25) is 0 Å². The minimum Gasteiger partial charge on any atom is -0.377 e. The number of hydrogen-bond donors (Lipinski definition) is 0. The van der Waals surface area contributed by atoms with Gasteiger partial charge in [-0.25, -0.2) is 0 Å². The van der Waals surface area contributed by atoms with Gasteiger partial charge in [-0.2, -0.15) is 0 Å². The fraction of sp³-hybridized carbons (Fsp3) is 0.917. The van der Waals surface area contributed by atoms with E-state index in [0.29, 0.717) is 0 Å². The zero-order chi connectivity index (χ0) is 11.5. The van der Waals surface area contributed by atoms with Crippen LogP contribution in [0.25, 0.3) is 0 Å². The molecule has 0 N–H and O–H groups in total. The Morgan fingerprint density at radius 3 is 2.80 bits per heavy atom. The molecule has 0 aromatic heterocycles. The first kappa shape index (κ1) is 12.7. The Bertz CT molecular complexity index is 226. The molecular weight excluding hydrogens is 190 g/mol. The highest BCUT2D eigenvalue weighted by Crippen LogP contribution is 2.19. The van der Waals surface area contributed by atoms with Crippen molar-refractivity contribution in [3.63, 3.8) is 0 Å². The standard InChI is InChI=1S/C12H23NO2/c1-10-8-13(6-5-7-15-10)9-12(3,4)11(2)14/h10H,5-9H2,1-4H3. The van der Waals surface area contributed by atoms with Gasteiger partial charge in [0.15, 0.2) is 0 Å². The molecule has 1 aliphatic rings. The van der Waals surface area contributed by atoms with E-state index in [-0.39, 0.29) is 17.3 Å². The number of nitrogens with zero attached hydrogens (tertiary/aromatic N) is 1. The lowest BCUT2D eigenvalue weighted by atomic mass is 9.88. The third kappa shape index (κ3) is 3.92. The Labute approximate surface area is 92.8 Å². The predicted molar refractivity (Wildman–Crippen MR) is 60.9 cm³/mol. The molecule has 3 heteroatoms. The lowest BCUT2D eigenvalue weighted by Gasteiger charge is -2.30. The van der Waals surface area contributed by atoms with Crippen molar-refractivity contribution in [3.05, 3.63) is 0 Å². The molecule has 0 amide bonds. The predicted octanol–water partition coefficient (Wildman–Crippen LogP) is 1.71. The average Bonchev–Trinajstić information content (AvgIpc) is 2.28. The van der Waals surface area contributed by atoms with Gasteiger partial charge in [0.2, 0.25) is 0 Å². The number of Topliss-reactive ketones (excluding diaryl/α,β-unsaturated/α-hetero) is 1. The van der Waals surface area contributed by atoms with Gasteiger partial charge in [-0.1, -0.05) is 13.8 Å². The Balaban J connectivity index is 2.52. The Kier molecular flexibility index (Phi) is 4.29. The molecule has 1 heterocycles. The molecule has 1 unspecified atom stereocenters. The van der Waals surface area contributed by atoms with E-state index in [1.165, 1.54) is 0 Å². The maximum absolute atomic E-state index is 11.4. The molecule has 15 heavy (non-hydrogen) atoms. The molecule has 0 radical (unpaired) electrons. The van der Waals surface area contributed by atoms with Crippen LogP contribution in [0.1, 0.15) is 34.1 Å². The summed E-state index contributed by atoms with van der Waals surface area (Å²) in [5.74, 6) is 0.264. The van der Waals surface area contributed by atoms with Crippen molar-refractivity contribution in [2.45, 2.75) is 40.2 Å². The van der Waals surface area contributed by atoms with Crippen LogP contribution in [0.5, 0.6) is 0 Å². The number of rotatable bonds is 3. The molecule has 1 aliphatic heterocycles. The third-order valence-electron chi connectivity index (χ3n) is 3.11. The Morgan fingerprint density at radius 1 is 1.53 bits per heavy atom. The molecule has 0 aromatic rings. The van der Waals surface area contributed by atoms with Crippen molar-refractivity contribution in [3.8, 4) is 0 Å². The molecule has 1 fully saturated rings. The molecule has 1 saturated heterocycles. The van der Waals surface area contributed by atoms with Crippen LogP contribution in [0.4, 0.5) is 0 Å². The number of ketones is 1. The van der Waals surface area contributed by atoms with Crippen LogP contribution in [0.15, 0.2) is 0 Å². The highest BCUT2D eigenvalue weighted by atomic mass is 16.5. The van der Waals surface area contributed by atoms with Crippen LogP contribution < -0.4 is 0 Å². The summed E-state index contributed by atoms with van der Waals surface area (Å²) in [5, 5.41) is 0. The lowest BCUT2D eigenvalue weighted by Crippen LogP contribution is -2.41. The van der Waals surface area contributed by atoms with E-state index in [1.54, 1.807) is 6.92 Å². The van der Waals surface area contributed by atoms with E-state index in [9.17, 15) is 4.79 Å². The highest BCUT2D eigenvalue weighted by Gasteiger charge is 2.28. The summed E-state index contributed by atoms with van der Waals surface area (Å²) < 4.78 is 5.58. The van der Waals surface area contributed by atoms with Crippen molar-refractivity contribution in [1.82, 2.24) is 4.90 Å². The molecule has 3 nitrogen and oxygen atoms in total. The monoisotopic (exact) mass is 213 g/mol. The van der Waals surface area contributed by atoms with Crippen LogP contribution in [-0.4, -0.2) is 43.0 Å². The topological polar surface area (TPSA) is 29.5 Å². The van der Waals surface area contributed by atoms with Crippen molar-refractivity contribution in [1.29, 1.82) is 0 Å². The van der Waals surface area contributed by atoms with Gasteiger partial charge >= 0.3 is 0 Å². The summed E-state index contributed by atoms with van der Waals surface area (Å²) in [7, 11) is 0. The van der Waals surface area contributed by atoms with E-state index < -0.39 is 0 Å². The number of carbonyl (C=O) groups excluding carboxylic acids is 1. The van der Waals surface area contributed by atoms with Crippen molar-refractivity contribution in [2.75, 3.05) is 26.2 Å². The number of carbonyl (C=O) groups is 1. The van der Waals surface area contributed by atoms with E-state index >= 15 is 0 Å². The molecule has 0 bridgehead atoms. The zero-order valence-corrected chi connectivity index (χ0v) is 10.4. The maximum Gasteiger partial charge on any atom is 0.136 e. The maximum atomic E-state index is 11.4. The fourth-order valence-corrected chi connectivity index (χ4v) is 1.89. The van der Waals surface area contributed by atoms with Crippen LogP contribution in [0, 0.1) is 5.41 Å². The van der Waals surface area contributed by atoms with Crippen molar-refractivity contribution >= 4 is 5.78 Å². The summed E-state index contributed by atoms with van der Waals surface area (Å²) in [4.78, 5) is 13.8. The van der Waals surface area contributed by atoms with Gasteiger partial charge in [0.25, 0.3) is 0 Å². The van der Waals surface area contributed by atoms with E-state index in [2.05, 4.69) is 11.8 Å². The van der Waals surface area contributed by atoms with E-state index in [1.807, 2.05) is 13.8 Å². The molecule has 0 saturated carbocycles. The highest BCUT2D eigenvalue weighted by molar-refractivity contribution is 5.81. The largest absolute Gasteiger partial charge is 0.377 e. The Hall–Kier alpha value is -0.410. The first-order chi connectivity index (χ1) is 6.92. The van der Waals surface area contributed by atoms with E-state index in [4.69, 9.17) is 4.74 Å². The SMILES string of the molecule is CC(=O)C(C)(C)CN1CCCOC(C)C1. The molecule has 1 atom stereocenters. The fourth-order valence-electron chi connectivity index (χ4n) is 1.89. The van der Waals surface area contributed by atoms with Crippen molar-refractivity contribution in [2.24, 2.45) is 5.41 Å². The third-order valence-corrected chi connectivity index (χ3v) is 3.11.